The van der Waals surface area contributed by atoms with E-state index < -0.39 is 6.10 Å². The molecule has 1 aliphatic heterocycles. The van der Waals surface area contributed by atoms with Gasteiger partial charge in [-0.2, -0.15) is 0 Å². The van der Waals surface area contributed by atoms with E-state index >= 15 is 0 Å². The molecule has 0 spiro atoms. The van der Waals surface area contributed by atoms with Crippen molar-refractivity contribution in [3.05, 3.63) is 27.7 Å². The number of ether oxygens (including phenoxy) is 1. The first-order chi connectivity index (χ1) is 8.60. The summed E-state index contributed by atoms with van der Waals surface area (Å²) in [6.45, 7) is 0.455. The Bertz CT molecular complexity index is 456. The van der Waals surface area contributed by atoms with Crippen LogP contribution < -0.4 is 11.1 Å². The highest BCUT2D eigenvalue weighted by atomic mass is 79.9. The maximum atomic E-state index is 11.9. The number of benzene rings is 1. The topological polar surface area (TPSA) is 64.4 Å². The van der Waals surface area contributed by atoms with Crippen LogP contribution in [0, 0.1) is 0 Å². The minimum atomic E-state index is -0.409. The lowest BCUT2D eigenvalue weighted by Crippen LogP contribution is -2.29. The van der Waals surface area contributed by atoms with Gasteiger partial charge in [0.2, 0.25) is 0 Å². The Morgan fingerprint density at radius 1 is 1.56 bits per heavy atom. The molecule has 1 aromatic rings. The van der Waals surface area contributed by atoms with Crippen molar-refractivity contribution < 1.29 is 9.53 Å². The fourth-order valence-electron chi connectivity index (χ4n) is 1.87. The van der Waals surface area contributed by atoms with Crippen molar-refractivity contribution in [2.75, 3.05) is 11.9 Å². The summed E-state index contributed by atoms with van der Waals surface area (Å²) in [5, 5.41) is 3.41. The molecule has 0 radical (unpaired) electrons. The average Bonchev–Trinajstić information content (AvgIpc) is 2.82. The Labute approximate surface area is 119 Å². The molecular formula is C12H14BrClN2O2. The van der Waals surface area contributed by atoms with Crippen LogP contribution in [0.5, 0.6) is 0 Å². The lowest BCUT2D eigenvalue weighted by Gasteiger charge is -2.13. The van der Waals surface area contributed by atoms with Crippen molar-refractivity contribution in [2.24, 2.45) is 5.73 Å². The maximum Gasteiger partial charge on any atom is 0.253 e. The minimum Gasteiger partial charge on any atom is -0.364 e. The third-order valence-corrected chi connectivity index (χ3v) is 4.06. The molecule has 0 aromatic heterocycles. The van der Waals surface area contributed by atoms with Crippen molar-refractivity contribution in [3.63, 3.8) is 0 Å². The second-order valence-electron chi connectivity index (χ2n) is 4.18. The van der Waals surface area contributed by atoms with Gasteiger partial charge in [-0.05, 0) is 47.0 Å². The van der Waals surface area contributed by atoms with Gasteiger partial charge in [-0.3, -0.25) is 4.79 Å². The lowest BCUT2D eigenvalue weighted by molar-refractivity contribution is -0.126. The van der Waals surface area contributed by atoms with E-state index in [0.29, 0.717) is 23.7 Å². The standard InChI is InChI=1S/C12H14BrClN2O2/c13-9-5-7(1-3-10(9)14)16-12(17)11-4-2-8(6-15)18-11/h1,3,5,8,11H,2,4,6,15H2,(H,16,17)/t8-,11+/m1/s1. The normalized spacial score (nSPS) is 23.1. The molecule has 1 saturated heterocycles. The molecule has 0 unspecified atom stereocenters. The maximum absolute atomic E-state index is 11.9. The van der Waals surface area contributed by atoms with Crippen molar-refractivity contribution in [3.8, 4) is 0 Å². The number of hydrogen-bond donors (Lipinski definition) is 2. The molecule has 0 bridgehead atoms. The number of halogens is 2. The Morgan fingerprint density at radius 2 is 2.33 bits per heavy atom. The van der Waals surface area contributed by atoms with Crippen LogP contribution in [0.15, 0.2) is 22.7 Å². The summed E-state index contributed by atoms with van der Waals surface area (Å²) in [6, 6.07) is 5.23. The smallest absolute Gasteiger partial charge is 0.253 e. The minimum absolute atomic E-state index is 0.00213. The largest absolute Gasteiger partial charge is 0.364 e. The predicted molar refractivity (Wildman–Crippen MR) is 74.7 cm³/mol. The number of carbonyl (C=O) groups is 1. The molecule has 1 aliphatic rings. The molecule has 1 aromatic carbocycles. The third-order valence-electron chi connectivity index (χ3n) is 2.85. The van der Waals surface area contributed by atoms with Gasteiger partial charge in [-0.15, -0.1) is 0 Å². The van der Waals surface area contributed by atoms with Crippen LogP contribution in [0.2, 0.25) is 5.02 Å². The Hall–Kier alpha value is -0.620. The molecular weight excluding hydrogens is 320 g/mol. The molecule has 98 valence electrons. The first-order valence-electron chi connectivity index (χ1n) is 5.71. The summed E-state index contributed by atoms with van der Waals surface area (Å²) in [7, 11) is 0. The van der Waals surface area contributed by atoms with Crippen LogP contribution in [0.4, 0.5) is 5.69 Å². The van der Waals surface area contributed by atoms with Crippen LogP contribution in [-0.4, -0.2) is 24.7 Å². The van der Waals surface area contributed by atoms with E-state index in [-0.39, 0.29) is 12.0 Å². The van der Waals surface area contributed by atoms with Gasteiger partial charge in [-0.1, -0.05) is 11.6 Å². The highest BCUT2D eigenvalue weighted by Crippen LogP contribution is 2.26. The molecule has 6 heteroatoms. The Morgan fingerprint density at radius 3 is 2.94 bits per heavy atom. The van der Waals surface area contributed by atoms with Crippen LogP contribution in [0.1, 0.15) is 12.8 Å². The number of nitrogens with one attached hydrogen (secondary N) is 1. The number of nitrogens with two attached hydrogens (primary N) is 1. The van der Waals surface area contributed by atoms with E-state index in [1.807, 2.05) is 0 Å². The zero-order valence-electron chi connectivity index (χ0n) is 9.66. The number of carbonyl (C=O) groups excluding carboxylic acids is 1. The summed E-state index contributed by atoms with van der Waals surface area (Å²) < 4.78 is 6.27. The van der Waals surface area contributed by atoms with Gasteiger partial charge >= 0.3 is 0 Å². The van der Waals surface area contributed by atoms with Gasteiger partial charge < -0.3 is 15.8 Å². The van der Waals surface area contributed by atoms with Gasteiger partial charge in [0.1, 0.15) is 6.10 Å². The molecule has 0 saturated carbocycles. The van der Waals surface area contributed by atoms with Crippen molar-refractivity contribution in [1.29, 1.82) is 0 Å². The zero-order valence-corrected chi connectivity index (χ0v) is 12.0. The third kappa shape index (κ3) is 3.23. The molecule has 1 amide bonds. The zero-order chi connectivity index (χ0) is 13.1. The number of amides is 1. The second-order valence-corrected chi connectivity index (χ2v) is 5.44. The number of anilines is 1. The molecule has 2 rings (SSSR count). The van der Waals surface area contributed by atoms with Crippen molar-refractivity contribution in [1.82, 2.24) is 0 Å². The van der Waals surface area contributed by atoms with Crippen molar-refractivity contribution >= 4 is 39.1 Å². The van der Waals surface area contributed by atoms with Gasteiger partial charge in [0.25, 0.3) is 5.91 Å². The van der Waals surface area contributed by atoms with E-state index in [4.69, 9.17) is 22.1 Å². The van der Waals surface area contributed by atoms with E-state index in [1.165, 1.54) is 0 Å². The summed E-state index contributed by atoms with van der Waals surface area (Å²) >= 11 is 9.19. The van der Waals surface area contributed by atoms with Crippen LogP contribution in [-0.2, 0) is 9.53 Å². The van der Waals surface area contributed by atoms with Gasteiger partial charge in [-0.25, -0.2) is 0 Å². The van der Waals surface area contributed by atoms with Crippen LogP contribution >= 0.6 is 27.5 Å². The molecule has 4 nitrogen and oxygen atoms in total. The average molecular weight is 334 g/mol. The van der Waals surface area contributed by atoms with Crippen LogP contribution in [0.3, 0.4) is 0 Å². The number of rotatable bonds is 3. The second kappa shape index (κ2) is 6.02. The molecule has 3 N–H and O–H groups in total. The molecule has 18 heavy (non-hydrogen) atoms. The molecule has 1 fully saturated rings. The van der Waals surface area contributed by atoms with Gasteiger partial charge in [0.05, 0.1) is 11.1 Å². The Balaban J connectivity index is 1.97. The molecule has 1 heterocycles. The predicted octanol–water partition coefficient (Wildman–Crippen LogP) is 2.55. The number of hydrogen-bond acceptors (Lipinski definition) is 3. The van der Waals surface area contributed by atoms with Gasteiger partial charge in [0, 0.05) is 16.7 Å². The van der Waals surface area contributed by atoms with E-state index in [2.05, 4.69) is 21.2 Å². The quantitative estimate of drug-likeness (QED) is 0.893. The SMILES string of the molecule is NC[C@H]1CC[C@@H](C(=O)Nc2ccc(Cl)c(Br)c2)O1. The van der Waals surface area contributed by atoms with Gasteiger partial charge in [0.15, 0.2) is 0 Å². The summed E-state index contributed by atoms with van der Waals surface area (Å²) in [5.41, 5.74) is 6.20. The highest BCUT2D eigenvalue weighted by molar-refractivity contribution is 9.10. The fraction of sp³-hybridized carbons (Fsp3) is 0.417. The molecule has 2 atom stereocenters. The van der Waals surface area contributed by atoms with E-state index in [0.717, 1.165) is 10.9 Å². The summed E-state index contributed by atoms with van der Waals surface area (Å²) in [5.74, 6) is -0.139. The monoisotopic (exact) mass is 332 g/mol. The van der Waals surface area contributed by atoms with Crippen molar-refractivity contribution in [2.45, 2.75) is 25.0 Å². The summed E-state index contributed by atoms with van der Waals surface area (Å²) in [6.07, 6.45) is 1.13. The fourth-order valence-corrected chi connectivity index (χ4v) is 2.36. The highest BCUT2D eigenvalue weighted by Gasteiger charge is 2.29. The summed E-state index contributed by atoms with van der Waals surface area (Å²) in [4.78, 5) is 11.9. The first kappa shape index (κ1) is 13.8. The molecule has 0 aliphatic carbocycles. The van der Waals surface area contributed by atoms with E-state index in [9.17, 15) is 4.79 Å². The first-order valence-corrected chi connectivity index (χ1v) is 6.88. The lowest BCUT2D eigenvalue weighted by atomic mass is 10.2. The van der Waals surface area contributed by atoms with Crippen LogP contribution in [0.25, 0.3) is 0 Å². The Kier molecular flexibility index (Phi) is 4.61. The van der Waals surface area contributed by atoms with E-state index in [1.54, 1.807) is 18.2 Å².